The minimum atomic E-state index is -1.13. The molecule has 0 aromatic heterocycles. The number of rotatable bonds is 3. The number of hydrogen-bond acceptors (Lipinski definition) is 3. The highest BCUT2D eigenvalue weighted by atomic mass is 16.4. The lowest BCUT2D eigenvalue weighted by molar-refractivity contribution is -0.161. The zero-order valence-corrected chi connectivity index (χ0v) is 12.2. The maximum Gasteiger partial charge on any atom is 0.309 e. The maximum absolute atomic E-state index is 12.3. The number of likely N-dealkylation sites (N-methyl/N-ethyl adjacent to an activating group) is 1. The van der Waals surface area contributed by atoms with Gasteiger partial charge in [0.05, 0.1) is 5.41 Å². The summed E-state index contributed by atoms with van der Waals surface area (Å²) in [5, 5.41) is 9.07. The topological polar surface area (TPSA) is 77.9 Å². The molecule has 6 nitrogen and oxygen atoms in total. The van der Waals surface area contributed by atoms with E-state index < -0.39 is 16.9 Å². The summed E-state index contributed by atoms with van der Waals surface area (Å²) in [7, 11) is 1.70. The number of carbonyl (C=O) groups excluding carboxylic acids is 2. The molecule has 19 heavy (non-hydrogen) atoms. The first kappa shape index (κ1) is 15.5. The predicted octanol–water partition coefficient (Wildman–Crippen LogP) is 0.566. The molecule has 1 saturated heterocycles. The Kier molecular flexibility index (Phi) is 3.93. The van der Waals surface area contributed by atoms with Gasteiger partial charge in [-0.3, -0.25) is 14.4 Å². The summed E-state index contributed by atoms with van der Waals surface area (Å²) < 4.78 is 0. The van der Waals surface area contributed by atoms with Crippen LogP contribution in [-0.2, 0) is 14.4 Å². The van der Waals surface area contributed by atoms with E-state index in [0.717, 1.165) is 0 Å². The van der Waals surface area contributed by atoms with E-state index in [1.165, 1.54) is 18.7 Å². The van der Waals surface area contributed by atoms with E-state index in [-0.39, 0.29) is 18.2 Å². The third-order valence-electron chi connectivity index (χ3n) is 3.68. The molecule has 1 aliphatic heterocycles. The summed E-state index contributed by atoms with van der Waals surface area (Å²) in [6, 6.07) is 0. The second-order valence-electron chi connectivity index (χ2n) is 6.20. The molecule has 0 aromatic carbocycles. The van der Waals surface area contributed by atoms with Crippen LogP contribution in [0.4, 0.5) is 0 Å². The van der Waals surface area contributed by atoms with Gasteiger partial charge in [0.2, 0.25) is 11.8 Å². The molecular weight excluding hydrogens is 248 g/mol. The van der Waals surface area contributed by atoms with Crippen molar-refractivity contribution in [2.24, 2.45) is 5.41 Å². The fourth-order valence-electron chi connectivity index (χ4n) is 2.20. The summed E-state index contributed by atoms with van der Waals surface area (Å²) in [6.07, 6.45) is -0.108. The molecule has 1 N–H and O–H groups in total. The second kappa shape index (κ2) is 4.83. The minimum absolute atomic E-state index is 0.108. The second-order valence-corrected chi connectivity index (χ2v) is 6.20. The highest BCUT2D eigenvalue weighted by Crippen LogP contribution is 2.27. The van der Waals surface area contributed by atoms with Gasteiger partial charge in [0.25, 0.3) is 0 Å². The SMILES string of the molecule is CN1CCN(C(=O)CC(C)(C)C(=O)O)C(C)(C)C1=O. The van der Waals surface area contributed by atoms with Crippen LogP contribution >= 0.6 is 0 Å². The van der Waals surface area contributed by atoms with Crippen LogP contribution in [0.15, 0.2) is 0 Å². The average Bonchev–Trinajstić information content (AvgIpc) is 2.24. The fourth-order valence-corrected chi connectivity index (χ4v) is 2.20. The van der Waals surface area contributed by atoms with Crippen molar-refractivity contribution in [1.82, 2.24) is 9.80 Å². The first-order valence-corrected chi connectivity index (χ1v) is 6.29. The molecule has 1 heterocycles. The Morgan fingerprint density at radius 3 is 2.32 bits per heavy atom. The molecule has 0 spiro atoms. The van der Waals surface area contributed by atoms with E-state index in [9.17, 15) is 14.4 Å². The third-order valence-corrected chi connectivity index (χ3v) is 3.68. The lowest BCUT2D eigenvalue weighted by Gasteiger charge is -2.45. The molecule has 6 heteroatoms. The largest absolute Gasteiger partial charge is 0.481 e. The molecule has 0 radical (unpaired) electrons. The van der Waals surface area contributed by atoms with Crippen molar-refractivity contribution >= 4 is 17.8 Å². The van der Waals surface area contributed by atoms with E-state index in [2.05, 4.69) is 0 Å². The summed E-state index contributed by atoms with van der Waals surface area (Å²) in [5.41, 5.74) is -2.04. The molecule has 0 aromatic rings. The van der Waals surface area contributed by atoms with E-state index in [4.69, 9.17) is 5.11 Å². The van der Waals surface area contributed by atoms with Crippen molar-refractivity contribution < 1.29 is 19.5 Å². The molecule has 1 rings (SSSR count). The number of hydrogen-bond donors (Lipinski definition) is 1. The van der Waals surface area contributed by atoms with Gasteiger partial charge < -0.3 is 14.9 Å². The number of carboxylic acid groups (broad SMARTS) is 1. The highest BCUT2D eigenvalue weighted by molar-refractivity contribution is 5.93. The zero-order valence-electron chi connectivity index (χ0n) is 12.2. The Morgan fingerprint density at radius 1 is 1.32 bits per heavy atom. The zero-order chi connectivity index (χ0) is 15.0. The summed E-state index contributed by atoms with van der Waals surface area (Å²) in [5.74, 6) is -1.43. The number of carboxylic acids is 1. The number of nitrogens with zero attached hydrogens (tertiary/aromatic N) is 2. The van der Waals surface area contributed by atoms with Crippen molar-refractivity contribution in [2.45, 2.75) is 39.7 Å². The standard InChI is InChI=1S/C13H22N2O4/c1-12(2,11(18)19)8-9(16)15-7-6-14(5)10(17)13(15,3)4/h6-8H2,1-5H3,(H,18,19). The normalized spacial score (nSPS) is 19.5. The highest BCUT2D eigenvalue weighted by Gasteiger charge is 2.44. The number of aliphatic carboxylic acids is 1. The quantitative estimate of drug-likeness (QED) is 0.813. The van der Waals surface area contributed by atoms with Gasteiger partial charge >= 0.3 is 5.97 Å². The Bertz CT molecular complexity index is 415. The van der Waals surface area contributed by atoms with Crippen molar-refractivity contribution in [1.29, 1.82) is 0 Å². The summed E-state index contributed by atoms with van der Waals surface area (Å²) in [6.45, 7) is 7.31. The average molecular weight is 270 g/mol. The van der Waals surface area contributed by atoms with Crippen LogP contribution in [0, 0.1) is 5.41 Å². The Labute approximate surface area is 113 Å². The van der Waals surface area contributed by atoms with E-state index in [0.29, 0.717) is 13.1 Å². The molecule has 0 atom stereocenters. The molecule has 0 aliphatic carbocycles. The van der Waals surface area contributed by atoms with Crippen molar-refractivity contribution in [2.75, 3.05) is 20.1 Å². The van der Waals surface area contributed by atoms with Crippen LogP contribution in [-0.4, -0.2) is 58.4 Å². The van der Waals surface area contributed by atoms with Gasteiger partial charge in [0.15, 0.2) is 0 Å². The first-order chi connectivity index (χ1) is 8.50. The molecule has 108 valence electrons. The monoisotopic (exact) mass is 270 g/mol. The maximum atomic E-state index is 12.3. The van der Waals surface area contributed by atoms with Gasteiger partial charge in [-0.05, 0) is 27.7 Å². The van der Waals surface area contributed by atoms with Crippen LogP contribution < -0.4 is 0 Å². The third kappa shape index (κ3) is 2.88. The minimum Gasteiger partial charge on any atom is -0.481 e. The van der Waals surface area contributed by atoms with Crippen LogP contribution in [0.3, 0.4) is 0 Å². The van der Waals surface area contributed by atoms with E-state index in [1.807, 2.05) is 0 Å². The Morgan fingerprint density at radius 2 is 1.84 bits per heavy atom. The van der Waals surface area contributed by atoms with Gasteiger partial charge in [0.1, 0.15) is 5.54 Å². The Balaban J connectivity index is 2.89. The molecule has 2 amide bonds. The van der Waals surface area contributed by atoms with Crippen LogP contribution in [0.2, 0.25) is 0 Å². The lowest BCUT2D eigenvalue weighted by atomic mass is 9.87. The van der Waals surface area contributed by atoms with E-state index >= 15 is 0 Å². The first-order valence-electron chi connectivity index (χ1n) is 6.29. The van der Waals surface area contributed by atoms with Crippen molar-refractivity contribution in [3.63, 3.8) is 0 Å². The fraction of sp³-hybridized carbons (Fsp3) is 0.769. The van der Waals surface area contributed by atoms with Gasteiger partial charge in [-0.1, -0.05) is 0 Å². The van der Waals surface area contributed by atoms with Crippen LogP contribution in [0.1, 0.15) is 34.1 Å². The summed E-state index contributed by atoms with van der Waals surface area (Å²) >= 11 is 0. The van der Waals surface area contributed by atoms with Gasteiger partial charge in [-0.2, -0.15) is 0 Å². The molecular formula is C13H22N2O4. The molecule has 0 saturated carbocycles. The molecule has 1 fully saturated rings. The van der Waals surface area contributed by atoms with Crippen molar-refractivity contribution in [3.05, 3.63) is 0 Å². The smallest absolute Gasteiger partial charge is 0.309 e. The number of carbonyl (C=O) groups is 3. The van der Waals surface area contributed by atoms with Crippen molar-refractivity contribution in [3.8, 4) is 0 Å². The predicted molar refractivity (Wildman–Crippen MR) is 69.5 cm³/mol. The Hall–Kier alpha value is -1.59. The number of piperazine rings is 1. The van der Waals surface area contributed by atoms with Gasteiger partial charge in [0, 0.05) is 26.6 Å². The van der Waals surface area contributed by atoms with Gasteiger partial charge in [-0.25, -0.2) is 0 Å². The van der Waals surface area contributed by atoms with E-state index in [1.54, 1.807) is 25.8 Å². The van der Waals surface area contributed by atoms with Crippen LogP contribution in [0.5, 0.6) is 0 Å². The lowest BCUT2D eigenvalue weighted by Crippen LogP contribution is -2.64. The number of amides is 2. The van der Waals surface area contributed by atoms with Crippen LogP contribution in [0.25, 0.3) is 0 Å². The van der Waals surface area contributed by atoms with Gasteiger partial charge in [-0.15, -0.1) is 0 Å². The summed E-state index contributed by atoms with van der Waals surface area (Å²) in [4.78, 5) is 38.5. The molecule has 1 aliphatic rings. The molecule has 0 bridgehead atoms. The molecule has 0 unspecified atom stereocenters.